The molecule has 3 amide bonds. The second-order valence-electron chi connectivity index (χ2n) is 12.8. The first-order valence-electron chi connectivity index (χ1n) is 16.3. The number of benzene rings is 1. The van der Waals surface area contributed by atoms with Gasteiger partial charge in [0.2, 0.25) is 11.8 Å². The minimum absolute atomic E-state index is 0.156. The molecule has 254 valence electrons. The van der Waals surface area contributed by atoms with Crippen molar-refractivity contribution < 1.29 is 43.9 Å². The molecule has 6 heterocycles. The first kappa shape index (κ1) is 31.9. The topological polar surface area (TPSA) is 192 Å². The van der Waals surface area contributed by atoms with E-state index in [0.717, 1.165) is 12.8 Å². The lowest BCUT2D eigenvalue weighted by atomic mass is 9.92. The van der Waals surface area contributed by atoms with Gasteiger partial charge in [-0.3, -0.25) is 19.3 Å². The molecule has 0 radical (unpaired) electrons. The average molecular weight is 656 g/mol. The normalized spacial score (nSPS) is 34.2. The molecule has 0 saturated carbocycles. The molecule has 1 aromatic heterocycles. The molecule has 0 unspecified atom stereocenters. The van der Waals surface area contributed by atoms with E-state index in [0.29, 0.717) is 37.6 Å². The summed E-state index contributed by atoms with van der Waals surface area (Å²) in [6, 6.07) is 6.90. The van der Waals surface area contributed by atoms with Crippen molar-refractivity contribution in [2.24, 2.45) is 0 Å². The standard InChI is InChI=1S/C31H41N7O9/c39-25-23-14-32-29(42)24-21(38-15-18(33-34-38)17-46-20-4-2-1-3-5-20)6-9-37(24)30(43)22-16-35(19-7-12-45-13-8-19)10-11-36(22)31(44)28(47-23)27(41)26(25)40/h1-5,15,19,21-28,39-41H,6-14,16-17H2,(H,32,42)/t21-,22+,23+,24+,25+,26-,27-,28+/m1/s1. The fourth-order valence-electron chi connectivity index (χ4n) is 7.48. The van der Waals surface area contributed by atoms with Crippen molar-refractivity contribution in [2.45, 2.75) is 80.6 Å². The fourth-order valence-corrected chi connectivity index (χ4v) is 7.48. The molecule has 0 spiro atoms. The second kappa shape index (κ2) is 13.4. The average Bonchev–Trinajstić information content (AvgIpc) is 3.77. The van der Waals surface area contributed by atoms with E-state index in [2.05, 4.69) is 20.5 Å². The molecule has 16 nitrogen and oxygen atoms in total. The Balaban J connectivity index is 1.19. The molecule has 7 rings (SSSR count). The van der Waals surface area contributed by atoms with E-state index < -0.39 is 66.4 Å². The molecule has 5 aliphatic rings. The summed E-state index contributed by atoms with van der Waals surface area (Å²) in [5.41, 5.74) is 0.542. The quantitative estimate of drug-likeness (QED) is 0.269. The van der Waals surface area contributed by atoms with Crippen LogP contribution in [0.1, 0.15) is 31.0 Å². The maximum absolute atomic E-state index is 14.6. The van der Waals surface area contributed by atoms with E-state index in [1.807, 2.05) is 30.3 Å². The van der Waals surface area contributed by atoms with Crippen molar-refractivity contribution in [3.63, 3.8) is 0 Å². The number of carbonyl (C=O) groups is 3. The van der Waals surface area contributed by atoms with Crippen molar-refractivity contribution in [3.8, 4) is 5.75 Å². The largest absolute Gasteiger partial charge is 0.487 e. The van der Waals surface area contributed by atoms with E-state index in [1.165, 1.54) is 9.80 Å². The minimum Gasteiger partial charge on any atom is -0.487 e. The maximum Gasteiger partial charge on any atom is 0.255 e. The van der Waals surface area contributed by atoms with Crippen molar-refractivity contribution >= 4 is 17.7 Å². The van der Waals surface area contributed by atoms with Crippen LogP contribution in [0.5, 0.6) is 5.75 Å². The number of para-hydroxylation sites is 1. The number of hydrogen-bond donors (Lipinski definition) is 4. The zero-order valence-corrected chi connectivity index (χ0v) is 25.9. The van der Waals surface area contributed by atoms with Gasteiger partial charge in [0.1, 0.15) is 54.5 Å². The van der Waals surface area contributed by atoms with Gasteiger partial charge in [-0.1, -0.05) is 23.4 Å². The van der Waals surface area contributed by atoms with E-state index >= 15 is 0 Å². The van der Waals surface area contributed by atoms with Crippen LogP contribution in [0.25, 0.3) is 0 Å². The summed E-state index contributed by atoms with van der Waals surface area (Å²) >= 11 is 0. The van der Waals surface area contributed by atoms with Crippen LogP contribution in [-0.4, -0.2) is 157 Å². The predicted octanol–water partition coefficient (Wildman–Crippen LogP) is -2.33. The van der Waals surface area contributed by atoms with Crippen molar-refractivity contribution in [1.29, 1.82) is 0 Å². The molecule has 0 aliphatic carbocycles. The smallest absolute Gasteiger partial charge is 0.255 e. The van der Waals surface area contributed by atoms with Crippen LogP contribution >= 0.6 is 0 Å². The summed E-state index contributed by atoms with van der Waals surface area (Å²) in [4.78, 5) is 47.7. The summed E-state index contributed by atoms with van der Waals surface area (Å²) in [6.45, 7) is 2.27. The van der Waals surface area contributed by atoms with E-state index in [-0.39, 0.29) is 38.8 Å². The van der Waals surface area contributed by atoms with Crippen molar-refractivity contribution in [3.05, 3.63) is 42.2 Å². The third-order valence-electron chi connectivity index (χ3n) is 10.1. The highest BCUT2D eigenvalue weighted by Gasteiger charge is 2.53. The summed E-state index contributed by atoms with van der Waals surface area (Å²) in [7, 11) is 0. The Morgan fingerprint density at radius 1 is 0.915 bits per heavy atom. The molecule has 5 fully saturated rings. The first-order valence-corrected chi connectivity index (χ1v) is 16.3. The zero-order valence-electron chi connectivity index (χ0n) is 25.9. The van der Waals surface area contributed by atoms with E-state index in [1.54, 1.807) is 10.9 Å². The molecule has 5 saturated heterocycles. The van der Waals surface area contributed by atoms with E-state index in [4.69, 9.17) is 14.2 Å². The fraction of sp³-hybridized carbons (Fsp3) is 0.645. The van der Waals surface area contributed by atoms with Crippen LogP contribution in [0.2, 0.25) is 0 Å². The number of piperazine rings is 1. The Kier molecular flexibility index (Phi) is 9.13. The third kappa shape index (κ3) is 6.21. The highest BCUT2D eigenvalue weighted by molar-refractivity contribution is 5.94. The summed E-state index contributed by atoms with van der Waals surface area (Å²) < 4.78 is 18.8. The van der Waals surface area contributed by atoms with Gasteiger partial charge in [0.05, 0.1) is 12.2 Å². The van der Waals surface area contributed by atoms with Gasteiger partial charge in [-0.25, -0.2) is 4.68 Å². The molecule has 47 heavy (non-hydrogen) atoms. The Morgan fingerprint density at radius 2 is 1.70 bits per heavy atom. The highest BCUT2D eigenvalue weighted by atomic mass is 16.5. The number of amides is 3. The van der Waals surface area contributed by atoms with Crippen LogP contribution < -0.4 is 10.1 Å². The summed E-state index contributed by atoms with van der Waals surface area (Å²) in [5.74, 6) is -0.862. The lowest BCUT2D eigenvalue weighted by Crippen LogP contribution is -2.70. The molecule has 1 aromatic carbocycles. The van der Waals surface area contributed by atoms with Crippen LogP contribution in [0.3, 0.4) is 0 Å². The van der Waals surface area contributed by atoms with Crippen molar-refractivity contribution in [1.82, 2.24) is 35.0 Å². The summed E-state index contributed by atoms with van der Waals surface area (Å²) in [5, 5.41) is 43.5. The number of aromatic nitrogens is 3. The molecule has 4 N–H and O–H groups in total. The van der Waals surface area contributed by atoms with Gasteiger partial charge < -0.3 is 44.6 Å². The van der Waals surface area contributed by atoms with Crippen LogP contribution in [0.15, 0.2) is 36.5 Å². The molecule has 5 aliphatic heterocycles. The number of aliphatic hydroxyl groups excluding tert-OH is 3. The Labute approximate surface area is 271 Å². The number of nitrogens with one attached hydrogen (secondary N) is 1. The monoisotopic (exact) mass is 655 g/mol. The Bertz CT molecular complexity index is 1440. The molecular weight excluding hydrogens is 614 g/mol. The number of nitrogens with zero attached hydrogens (tertiary/aromatic N) is 6. The van der Waals surface area contributed by atoms with Crippen LogP contribution in [0, 0.1) is 0 Å². The Morgan fingerprint density at radius 3 is 2.49 bits per heavy atom. The molecule has 16 heteroatoms. The zero-order chi connectivity index (χ0) is 32.7. The van der Waals surface area contributed by atoms with Gasteiger partial charge in [0.25, 0.3) is 5.91 Å². The third-order valence-corrected chi connectivity index (χ3v) is 10.1. The summed E-state index contributed by atoms with van der Waals surface area (Å²) in [6.07, 6.45) is -3.97. The number of hydrogen-bond acceptors (Lipinski definition) is 12. The highest BCUT2D eigenvalue weighted by Crippen LogP contribution is 2.33. The number of rotatable bonds is 5. The predicted molar refractivity (Wildman–Crippen MR) is 161 cm³/mol. The minimum atomic E-state index is -1.71. The van der Waals surface area contributed by atoms with Crippen molar-refractivity contribution in [2.75, 3.05) is 45.9 Å². The van der Waals surface area contributed by atoms with E-state index in [9.17, 15) is 29.7 Å². The number of aliphatic hydroxyl groups is 3. The molecule has 2 bridgehead atoms. The number of ether oxygens (including phenoxy) is 3. The Hall–Kier alpha value is -3.67. The maximum atomic E-state index is 14.6. The first-order chi connectivity index (χ1) is 22.8. The van der Waals surface area contributed by atoms with Gasteiger partial charge in [-0.15, -0.1) is 5.10 Å². The molecular formula is C31H41N7O9. The van der Waals surface area contributed by atoms with Gasteiger partial charge in [-0.2, -0.15) is 0 Å². The molecule has 8 atom stereocenters. The van der Waals surface area contributed by atoms with Gasteiger partial charge in [-0.05, 0) is 31.4 Å². The SMILES string of the molecule is O=C1NC[C@@H]2O[C@H](C(=O)N3CCN(C4CCOCC4)C[C@H]3C(=O)N3CC[C@@H](n4cc(COc5ccccc5)nn4)[C@@H]13)[C@H](O)[C@H](O)[C@H]2O. The number of fused-ring (bicyclic) bond motifs is 4. The second-order valence-corrected chi connectivity index (χ2v) is 12.8. The van der Waals surface area contributed by atoms with Gasteiger partial charge in [0.15, 0.2) is 6.10 Å². The number of carbonyl (C=O) groups excluding carboxylic acids is 3. The van der Waals surface area contributed by atoms with Gasteiger partial charge >= 0.3 is 0 Å². The lowest BCUT2D eigenvalue weighted by molar-refractivity contribution is -0.225. The van der Waals surface area contributed by atoms with Crippen LogP contribution in [-0.2, 0) is 30.5 Å². The van der Waals surface area contributed by atoms with Gasteiger partial charge in [0, 0.05) is 52.0 Å². The van der Waals surface area contributed by atoms with Crippen LogP contribution in [0.4, 0.5) is 0 Å². The molecule has 2 aromatic rings. The lowest BCUT2D eigenvalue weighted by Gasteiger charge is -2.48.